The van der Waals surface area contributed by atoms with Crippen molar-refractivity contribution < 1.29 is 14.3 Å². The molecule has 31 heavy (non-hydrogen) atoms. The molecule has 4 rings (SSSR count). The van der Waals surface area contributed by atoms with Crippen LogP contribution in [0.1, 0.15) is 16.3 Å². The predicted octanol–water partition coefficient (Wildman–Crippen LogP) is 2.42. The third-order valence-corrected chi connectivity index (χ3v) is 4.94. The number of hydrogen-bond acceptors (Lipinski definition) is 11. The normalized spacial score (nSPS) is 10.6. The summed E-state index contributed by atoms with van der Waals surface area (Å²) in [5, 5.41) is 9.42. The van der Waals surface area contributed by atoms with Crippen molar-refractivity contribution in [3.63, 3.8) is 0 Å². The van der Waals surface area contributed by atoms with E-state index in [0.717, 1.165) is 5.56 Å². The van der Waals surface area contributed by atoms with Crippen LogP contribution in [0.15, 0.2) is 42.0 Å². The quantitative estimate of drug-likeness (QED) is 0.413. The van der Waals surface area contributed by atoms with Crippen LogP contribution < -0.4 is 15.8 Å². The third kappa shape index (κ3) is 4.75. The number of nitrogens with zero attached hydrogens (tertiary/aromatic N) is 6. The van der Waals surface area contributed by atoms with Crippen LogP contribution in [0.3, 0.4) is 0 Å². The van der Waals surface area contributed by atoms with Crippen LogP contribution in [0.5, 0.6) is 5.75 Å². The van der Waals surface area contributed by atoms with Crippen molar-refractivity contribution in [1.82, 2.24) is 29.7 Å². The highest BCUT2D eigenvalue weighted by molar-refractivity contribution is 7.13. The fourth-order valence-electron chi connectivity index (χ4n) is 2.66. The summed E-state index contributed by atoms with van der Waals surface area (Å²) in [6.45, 7) is -0.189. The van der Waals surface area contributed by atoms with Crippen LogP contribution in [0.2, 0.25) is 0 Å². The summed E-state index contributed by atoms with van der Waals surface area (Å²) < 4.78 is 12.3. The van der Waals surface area contributed by atoms with E-state index in [-0.39, 0.29) is 30.0 Å². The number of para-hydroxylation sites is 2. The monoisotopic (exact) mass is 438 g/mol. The lowest BCUT2D eigenvalue weighted by atomic mass is 10.3. The molecule has 0 unspecified atom stereocenters. The Bertz CT molecular complexity index is 1220. The van der Waals surface area contributed by atoms with Gasteiger partial charge in [0.15, 0.2) is 18.1 Å². The number of ether oxygens (including phenoxy) is 2. The first-order chi connectivity index (χ1) is 15.0. The molecule has 0 saturated heterocycles. The molecule has 4 aromatic rings. The zero-order chi connectivity index (χ0) is 21.8. The van der Waals surface area contributed by atoms with E-state index in [2.05, 4.69) is 30.4 Å². The minimum Gasteiger partial charge on any atom is -0.495 e. The van der Waals surface area contributed by atoms with Crippen molar-refractivity contribution in [3.8, 4) is 16.3 Å². The molecule has 0 spiro atoms. The van der Waals surface area contributed by atoms with E-state index < -0.39 is 5.97 Å². The Balaban J connectivity index is 1.44. The number of aromatic nitrogens is 6. The predicted molar refractivity (Wildman–Crippen MR) is 114 cm³/mol. The largest absolute Gasteiger partial charge is 0.495 e. The summed E-state index contributed by atoms with van der Waals surface area (Å²) in [5.74, 6) is 0.412. The van der Waals surface area contributed by atoms with Crippen LogP contribution in [-0.4, -0.2) is 42.8 Å². The number of nitrogens with one attached hydrogen (secondary N) is 1. The molecule has 0 atom stereocenters. The van der Waals surface area contributed by atoms with Crippen molar-refractivity contribution in [2.45, 2.75) is 6.61 Å². The van der Waals surface area contributed by atoms with Gasteiger partial charge in [0.1, 0.15) is 10.8 Å². The zero-order valence-corrected chi connectivity index (χ0v) is 17.5. The summed E-state index contributed by atoms with van der Waals surface area (Å²) in [4.78, 5) is 29.0. The second-order valence-corrected chi connectivity index (χ2v) is 7.13. The van der Waals surface area contributed by atoms with Gasteiger partial charge in [-0.25, -0.2) is 9.78 Å². The highest BCUT2D eigenvalue weighted by atomic mass is 32.1. The van der Waals surface area contributed by atoms with Crippen molar-refractivity contribution in [2.75, 3.05) is 18.2 Å². The summed E-state index contributed by atoms with van der Waals surface area (Å²) in [6.07, 6.45) is 3.50. The lowest BCUT2D eigenvalue weighted by Crippen LogP contribution is -2.11. The number of hydrogen-bond donors (Lipinski definition) is 2. The molecule has 0 bridgehead atoms. The Labute approximate surface area is 180 Å². The topological polar surface area (TPSA) is 143 Å². The van der Waals surface area contributed by atoms with Gasteiger partial charge in [0.2, 0.25) is 11.9 Å². The summed E-state index contributed by atoms with van der Waals surface area (Å²) in [5.41, 5.74) is 7.45. The molecule has 11 nitrogen and oxygen atoms in total. The molecular weight excluding hydrogens is 420 g/mol. The van der Waals surface area contributed by atoms with E-state index in [1.54, 1.807) is 35.5 Å². The van der Waals surface area contributed by atoms with Crippen LogP contribution in [0.4, 0.5) is 17.6 Å². The molecule has 158 valence electrons. The van der Waals surface area contributed by atoms with Crippen molar-refractivity contribution in [3.05, 3.63) is 53.6 Å². The maximum atomic E-state index is 12.4. The van der Waals surface area contributed by atoms with Gasteiger partial charge in [-0.15, -0.1) is 11.3 Å². The molecule has 12 heteroatoms. The Morgan fingerprint density at radius 3 is 2.84 bits per heavy atom. The average Bonchev–Trinajstić information content (AvgIpc) is 3.41. The number of esters is 1. The van der Waals surface area contributed by atoms with E-state index in [1.807, 2.05) is 25.4 Å². The smallest absolute Gasteiger partial charge is 0.358 e. The highest BCUT2D eigenvalue weighted by Gasteiger charge is 2.16. The second kappa shape index (κ2) is 8.75. The average molecular weight is 438 g/mol. The van der Waals surface area contributed by atoms with Gasteiger partial charge in [0.25, 0.3) is 0 Å². The van der Waals surface area contributed by atoms with Crippen molar-refractivity contribution in [2.24, 2.45) is 7.05 Å². The Morgan fingerprint density at radius 1 is 1.23 bits per heavy atom. The molecule has 0 amide bonds. The number of carbonyl (C=O) groups is 1. The number of methoxy groups -OCH3 is 1. The number of rotatable bonds is 7. The second-order valence-electron chi connectivity index (χ2n) is 6.28. The highest BCUT2D eigenvalue weighted by Crippen LogP contribution is 2.26. The van der Waals surface area contributed by atoms with Gasteiger partial charge in [-0.3, -0.25) is 4.68 Å². The fraction of sp³-hybridized carbons (Fsp3) is 0.158. The molecule has 0 saturated carbocycles. The van der Waals surface area contributed by atoms with Gasteiger partial charge >= 0.3 is 5.97 Å². The van der Waals surface area contributed by atoms with Crippen LogP contribution in [0, 0.1) is 0 Å². The Hall–Kier alpha value is -4.06. The summed E-state index contributed by atoms with van der Waals surface area (Å²) >= 11 is 1.33. The minimum absolute atomic E-state index is 0.00836. The molecule has 3 heterocycles. The van der Waals surface area contributed by atoms with Crippen LogP contribution >= 0.6 is 11.3 Å². The zero-order valence-electron chi connectivity index (χ0n) is 16.6. The number of benzene rings is 1. The van der Waals surface area contributed by atoms with E-state index in [0.29, 0.717) is 16.4 Å². The standard InChI is InChI=1S/C19H18N8O3S/c1-27-8-11(7-21-27)16-22-13(10-31-16)17(28)30-9-15-24-18(20)26-19(25-15)23-12-5-3-4-6-14(12)29-2/h3-8,10H,9H2,1-2H3,(H3,20,23,24,25,26). The maximum Gasteiger partial charge on any atom is 0.358 e. The van der Waals surface area contributed by atoms with E-state index in [4.69, 9.17) is 15.2 Å². The summed E-state index contributed by atoms with van der Waals surface area (Å²) in [7, 11) is 3.37. The van der Waals surface area contributed by atoms with Gasteiger partial charge in [-0.2, -0.15) is 20.1 Å². The number of nitrogen functional groups attached to an aromatic ring is 1. The Morgan fingerprint density at radius 2 is 2.06 bits per heavy atom. The molecule has 3 N–H and O–H groups in total. The number of nitrogens with two attached hydrogens (primary N) is 1. The third-order valence-electron chi connectivity index (χ3n) is 4.05. The van der Waals surface area contributed by atoms with Crippen LogP contribution in [0.25, 0.3) is 10.6 Å². The number of aryl methyl sites for hydroxylation is 1. The minimum atomic E-state index is -0.593. The van der Waals surface area contributed by atoms with Gasteiger partial charge in [-0.1, -0.05) is 12.1 Å². The van der Waals surface area contributed by atoms with Crippen molar-refractivity contribution >= 4 is 34.9 Å². The lowest BCUT2D eigenvalue weighted by molar-refractivity contribution is 0.0456. The van der Waals surface area contributed by atoms with E-state index >= 15 is 0 Å². The van der Waals surface area contributed by atoms with Gasteiger partial charge < -0.3 is 20.5 Å². The lowest BCUT2D eigenvalue weighted by Gasteiger charge is -2.10. The van der Waals surface area contributed by atoms with Gasteiger partial charge in [0, 0.05) is 24.2 Å². The molecule has 1 aromatic carbocycles. The fourth-order valence-corrected chi connectivity index (χ4v) is 3.43. The number of anilines is 3. The van der Waals surface area contributed by atoms with Crippen molar-refractivity contribution in [1.29, 1.82) is 0 Å². The first kappa shape index (κ1) is 20.2. The first-order valence-electron chi connectivity index (χ1n) is 9.04. The molecule has 0 aliphatic carbocycles. The van der Waals surface area contributed by atoms with E-state index in [1.165, 1.54) is 11.3 Å². The first-order valence-corrected chi connectivity index (χ1v) is 9.92. The van der Waals surface area contributed by atoms with Gasteiger partial charge in [-0.05, 0) is 12.1 Å². The molecule has 3 aromatic heterocycles. The number of carbonyl (C=O) groups excluding carboxylic acids is 1. The maximum absolute atomic E-state index is 12.4. The number of thiazole rings is 1. The van der Waals surface area contributed by atoms with Gasteiger partial charge in [0.05, 0.1) is 19.0 Å². The van der Waals surface area contributed by atoms with Crippen LogP contribution in [-0.2, 0) is 18.4 Å². The SMILES string of the molecule is COc1ccccc1Nc1nc(N)nc(COC(=O)c2csc(-c3cnn(C)c3)n2)n1. The molecule has 0 aliphatic rings. The molecule has 0 radical (unpaired) electrons. The molecule has 0 fully saturated rings. The Kier molecular flexibility index (Phi) is 5.71. The molecular formula is C19H18N8O3S. The molecule has 0 aliphatic heterocycles. The van der Waals surface area contributed by atoms with E-state index in [9.17, 15) is 4.79 Å². The summed E-state index contributed by atoms with van der Waals surface area (Å²) in [6, 6.07) is 7.28.